The van der Waals surface area contributed by atoms with Gasteiger partial charge in [-0.15, -0.1) is 6.42 Å². The van der Waals surface area contributed by atoms with Gasteiger partial charge in [0.05, 0.1) is 7.11 Å². The number of aryl methyl sites for hydroxylation is 1. The van der Waals surface area contributed by atoms with Crippen molar-refractivity contribution in [1.82, 2.24) is 0 Å². The van der Waals surface area contributed by atoms with Gasteiger partial charge in [-0.1, -0.05) is 18.1 Å². The highest BCUT2D eigenvalue weighted by Gasteiger charge is 2.15. The van der Waals surface area contributed by atoms with Crippen molar-refractivity contribution < 1.29 is 14.3 Å². The van der Waals surface area contributed by atoms with E-state index in [2.05, 4.69) is 10.7 Å². The predicted molar refractivity (Wildman–Crippen MR) is 56.8 cm³/mol. The van der Waals surface area contributed by atoms with Gasteiger partial charge >= 0.3 is 5.97 Å². The van der Waals surface area contributed by atoms with Crippen molar-refractivity contribution in [2.24, 2.45) is 0 Å². The maximum absolute atomic E-state index is 11.5. The molecule has 0 spiro atoms. The lowest BCUT2D eigenvalue weighted by atomic mass is 10.1. The first-order chi connectivity index (χ1) is 7.20. The highest BCUT2D eigenvalue weighted by atomic mass is 16.5. The van der Waals surface area contributed by atoms with Crippen LogP contribution in [-0.4, -0.2) is 19.7 Å². The number of esters is 1. The molecule has 0 aliphatic rings. The average Bonchev–Trinajstić information content (AvgIpc) is 2.25. The minimum atomic E-state index is -0.417. The summed E-state index contributed by atoms with van der Waals surface area (Å²) in [5, 5.41) is 0. The van der Waals surface area contributed by atoms with Crippen molar-refractivity contribution >= 4 is 5.97 Å². The fraction of sp³-hybridized carbons (Fsp3) is 0.250. The Bertz CT molecular complexity index is 402. The van der Waals surface area contributed by atoms with Crippen molar-refractivity contribution in [3.8, 4) is 18.1 Å². The van der Waals surface area contributed by atoms with Crippen molar-refractivity contribution in [3.63, 3.8) is 0 Å². The molecule has 0 aliphatic carbocycles. The van der Waals surface area contributed by atoms with E-state index in [0.29, 0.717) is 11.3 Å². The second-order valence-electron chi connectivity index (χ2n) is 2.93. The molecule has 0 aromatic heterocycles. The molecule has 0 saturated heterocycles. The fourth-order valence-electron chi connectivity index (χ4n) is 1.24. The zero-order chi connectivity index (χ0) is 11.3. The Hall–Kier alpha value is -1.95. The first-order valence-corrected chi connectivity index (χ1v) is 4.45. The van der Waals surface area contributed by atoms with E-state index in [0.717, 1.165) is 5.56 Å². The first kappa shape index (κ1) is 11.1. The predicted octanol–water partition coefficient (Wildman–Crippen LogP) is 1.79. The van der Waals surface area contributed by atoms with Crippen LogP contribution in [0.1, 0.15) is 15.9 Å². The minimum Gasteiger partial charge on any atom is -0.480 e. The van der Waals surface area contributed by atoms with E-state index in [1.807, 2.05) is 13.0 Å². The SMILES string of the molecule is C#CCOc1cccc(C)c1C(=O)OC. The molecule has 1 aromatic rings. The van der Waals surface area contributed by atoms with Crippen LogP contribution in [0.5, 0.6) is 5.75 Å². The smallest absolute Gasteiger partial charge is 0.341 e. The van der Waals surface area contributed by atoms with E-state index >= 15 is 0 Å². The molecule has 1 aromatic carbocycles. The molecule has 1 rings (SSSR count). The van der Waals surface area contributed by atoms with Gasteiger partial charge in [0, 0.05) is 0 Å². The molecular weight excluding hydrogens is 192 g/mol. The average molecular weight is 204 g/mol. The van der Waals surface area contributed by atoms with Crippen LogP contribution in [0.4, 0.5) is 0 Å². The molecule has 15 heavy (non-hydrogen) atoms. The van der Waals surface area contributed by atoms with Crippen LogP contribution in [0.3, 0.4) is 0 Å². The summed E-state index contributed by atoms with van der Waals surface area (Å²) in [6.07, 6.45) is 5.08. The lowest BCUT2D eigenvalue weighted by Gasteiger charge is -2.10. The molecule has 0 atom stereocenters. The van der Waals surface area contributed by atoms with Gasteiger partial charge < -0.3 is 9.47 Å². The summed E-state index contributed by atoms with van der Waals surface area (Å²) in [6, 6.07) is 5.30. The Morgan fingerprint density at radius 3 is 2.87 bits per heavy atom. The van der Waals surface area contributed by atoms with Crippen LogP contribution in [0.15, 0.2) is 18.2 Å². The highest BCUT2D eigenvalue weighted by molar-refractivity contribution is 5.94. The number of hydrogen-bond acceptors (Lipinski definition) is 3. The Morgan fingerprint density at radius 1 is 1.53 bits per heavy atom. The molecule has 0 unspecified atom stereocenters. The van der Waals surface area contributed by atoms with E-state index in [-0.39, 0.29) is 6.61 Å². The van der Waals surface area contributed by atoms with Crippen molar-refractivity contribution in [2.75, 3.05) is 13.7 Å². The summed E-state index contributed by atoms with van der Waals surface area (Å²) < 4.78 is 9.92. The van der Waals surface area contributed by atoms with Crippen LogP contribution in [0.25, 0.3) is 0 Å². The lowest BCUT2D eigenvalue weighted by molar-refractivity contribution is 0.0596. The van der Waals surface area contributed by atoms with E-state index in [1.165, 1.54) is 7.11 Å². The van der Waals surface area contributed by atoms with Gasteiger partial charge in [-0.3, -0.25) is 0 Å². The largest absolute Gasteiger partial charge is 0.480 e. The van der Waals surface area contributed by atoms with Gasteiger partial charge in [0.15, 0.2) is 0 Å². The Labute approximate surface area is 89.0 Å². The van der Waals surface area contributed by atoms with Gasteiger partial charge in [-0.25, -0.2) is 4.79 Å². The van der Waals surface area contributed by atoms with Crippen LogP contribution >= 0.6 is 0 Å². The number of carbonyl (C=O) groups excluding carboxylic acids is 1. The molecule has 0 heterocycles. The molecule has 3 heteroatoms. The number of rotatable bonds is 3. The summed E-state index contributed by atoms with van der Waals surface area (Å²) in [5.41, 5.74) is 1.23. The van der Waals surface area contributed by atoms with Crippen molar-refractivity contribution in [1.29, 1.82) is 0 Å². The number of hydrogen-bond donors (Lipinski definition) is 0. The van der Waals surface area contributed by atoms with E-state index < -0.39 is 5.97 Å². The van der Waals surface area contributed by atoms with Crippen LogP contribution in [0.2, 0.25) is 0 Å². The highest BCUT2D eigenvalue weighted by Crippen LogP contribution is 2.22. The molecule has 0 amide bonds. The molecule has 0 aliphatic heterocycles. The normalized spacial score (nSPS) is 9.13. The zero-order valence-electron chi connectivity index (χ0n) is 8.74. The standard InChI is InChI=1S/C12H12O3/c1-4-8-15-10-7-5-6-9(2)11(10)12(13)14-3/h1,5-7H,8H2,2-3H3. The van der Waals surface area contributed by atoms with Gasteiger partial charge in [0.25, 0.3) is 0 Å². The van der Waals surface area contributed by atoms with Gasteiger partial charge in [-0.2, -0.15) is 0 Å². The summed E-state index contributed by atoms with van der Waals surface area (Å²) in [7, 11) is 1.33. The molecule has 0 fully saturated rings. The number of benzene rings is 1. The van der Waals surface area contributed by atoms with Crippen LogP contribution < -0.4 is 4.74 Å². The quantitative estimate of drug-likeness (QED) is 0.556. The summed E-state index contributed by atoms with van der Waals surface area (Å²) in [5.74, 6) is 2.39. The third-order valence-corrected chi connectivity index (χ3v) is 1.94. The third-order valence-electron chi connectivity index (χ3n) is 1.94. The van der Waals surface area contributed by atoms with Gasteiger partial charge in [-0.05, 0) is 18.6 Å². The van der Waals surface area contributed by atoms with Crippen LogP contribution in [-0.2, 0) is 4.74 Å². The van der Waals surface area contributed by atoms with E-state index in [9.17, 15) is 4.79 Å². The Balaban J connectivity index is 3.09. The molecule has 0 N–H and O–H groups in total. The van der Waals surface area contributed by atoms with Gasteiger partial charge in [0.2, 0.25) is 0 Å². The second-order valence-corrected chi connectivity index (χ2v) is 2.93. The monoisotopic (exact) mass is 204 g/mol. The first-order valence-electron chi connectivity index (χ1n) is 4.45. The summed E-state index contributed by atoms with van der Waals surface area (Å²) in [4.78, 5) is 11.5. The zero-order valence-corrected chi connectivity index (χ0v) is 8.74. The molecule has 0 radical (unpaired) electrons. The third kappa shape index (κ3) is 2.50. The Morgan fingerprint density at radius 2 is 2.27 bits per heavy atom. The molecule has 0 bridgehead atoms. The second kappa shape index (κ2) is 5.06. The number of terminal acetylenes is 1. The summed E-state index contributed by atoms with van der Waals surface area (Å²) in [6.45, 7) is 1.95. The number of methoxy groups -OCH3 is 1. The molecule has 3 nitrogen and oxygen atoms in total. The van der Waals surface area contributed by atoms with Crippen molar-refractivity contribution in [3.05, 3.63) is 29.3 Å². The molecule has 0 saturated carbocycles. The van der Waals surface area contributed by atoms with E-state index in [1.54, 1.807) is 12.1 Å². The maximum atomic E-state index is 11.5. The van der Waals surface area contributed by atoms with Crippen LogP contribution in [0, 0.1) is 19.3 Å². The van der Waals surface area contributed by atoms with Crippen molar-refractivity contribution in [2.45, 2.75) is 6.92 Å². The topological polar surface area (TPSA) is 35.5 Å². The fourth-order valence-corrected chi connectivity index (χ4v) is 1.24. The lowest BCUT2D eigenvalue weighted by Crippen LogP contribution is -2.08. The van der Waals surface area contributed by atoms with E-state index in [4.69, 9.17) is 11.2 Å². The molecular formula is C12H12O3. The summed E-state index contributed by atoms with van der Waals surface area (Å²) >= 11 is 0. The molecule has 78 valence electrons. The number of carbonyl (C=O) groups is 1. The van der Waals surface area contributed by atoms with Gasteiger partial charge in [0.1, 0.15) is 17.9 Å². The Kier molecular flexibility index (Phi) is 3.75. The number of ether oxygens (including phenoxy) is 2. The maximum Gasteiger partial charge on any atom is 0.341 e. The minimum absolute atomic E-state index is 0.132.